The molecule has 0 heterocycles. The second kappa shape index (κ2) is 10.2. The van der Waals surface area contributed by atoms with E-state index in [0.29, 0.717) is 0 Å². The van der Waals surface area contributed by atoms with Crippen LogP contribution in [-0.2, 0) is 19.1 Å². The maximum atomic E-state index is 11.9. The maximum absolute atomic E-state index is 11.9. The molecule has 2 N–H and O–H groups in total. The molecule has 0 aliphatic rings. The molecule has 2 amide bonds. The highest BCUT2D eigenvalue weighted by Crippen LogP contribution is 2.11. The van der Waals surface area contributed by atoms with Gasteiger partial charge in [-0.1, -0.05) is 36.4 Å². The lowest BCUT2D eigenvalue weighted by Crippen LogP contribution is -2.41. The van der Waals surface area contributed by atoms with E-state index in [1.54, 1.807) is 0 Å². The summed E-state index contributed by atoms with van der Waals surface area (Å²) in [5.74, 6) is -1.14. The zero-order valence-corrected chi connectivity index (χ0v) is 14.1. The lowest BCUT2D eigenvalue weighted by Gasteiger charge is -2.16. The van der Waals surface area contributed by atoms with Gasteiger partial charge < -0.3 is 15.4 Å². The van der Waals surface area contributed by atoms with Crippen molar-refractivity contribution in [3.63, 3.8) is 0 Å². The molecule has 0 fully saturated rings. The van der Waals surface area contributed by atoms with Crippen molar-refractivity contribution in [1.82, 2.24) is 10.6 Å². The molecule has 0 saturated carbocycles. The van der Waals surface area contributed by atoms with E-state index in [1.165, 1.54) is 13.2 Å². The third kappa shape index (κ3) is 6.64. The third-order valence-corrected chi connectivity index (χ3v) is 3.48. The molecule has 24 heavy (non-hydrogen) atoms. The lowest BCUT2D eigenvalue weighted by molar-refractivity contribution is -0.145. The molecule has 6 heteroatoms. The highest BCUT2D eigenvalue weighted by atomic mass is 16.5. The van der Waals surface area contributed by atoms with Crippen LogP contribution in [0.3, 0.4) is 0 Å². The van der Waals surface area contributed by atoms with Crippen molar-refractivity contribution < 1.29 is 19.1 Å². The lowest BCUT2D eigenvalue weighted by atomic mass is 10.1. The Morgan fingerprint density at radius 2 is 1.71 bits per heavy atom. The largest absolute Gasteiger partial charge is 0.467 e. The first-order valence-corrected chi connectivity index (χ1v) is 7.80. The van der Waals surface area contributed by atoms with E-state index in [1.807, 2.05) is 37.3 Å². The minimum Gasteiger partial charge on any atom is -0.467 e. The van der Waals surface area contributed by atoms with Gasteiger partial charge in [-0.2, -0.15) is 0 Å². The summed E-state index contributed by atoms with van der Waals surface area (Å²) in [6.07, 6.45) is 1.84. The van der Waals surface area contributed by atoms with Crippen molar-refractivity contribution in [3.8, 4) is 0 Å². The number of carbonyl (C=O) groups is 3. The van der Waals surface area contributed by atoms with Crippen molar-refractivity contribution in [3.05, 3.63) is 48.6 Å². The quantitative estimate of drug-likeness (QED) is 0.534. The number of rotatable bonds is 9. The van der Waals surface area contributed by atoms with E-state index in [2.05, 4.69) is 21.9 Å². The molecular formula is C18H24N2O4. The molecule has 6 nitrogen and oxygen atoms in total. The summed E-state index contributed by atoms with van der Waals surface area (Å²) < 4.78 is 4.61. The zero-order valence-electron chi connectivity index (χ0n) is 14.1. The Morgan fingerprint density at radius 1 is 1.12 bits per heavy atom. The smallest absolute Gasteiger partial charge is 0.328 e. The number of ether oxygens (including phenoxy) is 1. The van der Waals surface area contributed by atoms with Crippen molar-refractivity contribution in [2.75, 3.05) is 7.11 Å². The average molecular weight is 332 g/mol. The van der Waals surface area contributed by atoms with Gasteiger partial charge in [0.1, 0.15) is 6.04 Å². The van der Waals surface area contributed by atoms with Crippen LogP contribution in [-0.4, -0.2) is 30.9 Å². The van der Waals surface area contributed by atoms with Gasteiger partial charge >= 0.3 is 5.97 Å². The summed E-state index contributed by atoms with van der Waals surface area (Å²) in [4.78, 5) is 35.3. The molecule has 0 aliphatic heterocycles. The van der Waals surface area contributed by atoms with Crippen LogP contribution in [0.4, 0.5) is 0 Å². The van der Waals surface area contributed by atoms with Crippen LogP contribution in [0.15, 0.2) is 43.0 Å². The Hall–Kier alpha value is -2.63. The first-order chi connectivity index (χ1) is 11.5. The molecule has 0 bridgehead atoms. The minimum atomic E-state index is -0.772. The summed E-state index contributed by atoms with van der Waals surface area (Å²) in [5, 5.41) is 5.38. The number of methoxy groups -OCH3 is 1. The van der Waals surface area contributed by atoms with Crippen molar-refractivity contribution in [2.45, 2.75) is 38.3 Å². The molecule has 0 aromatic heterocycles. The summed E-state index contributed by atoms with van der Waals surface area (Å²) >= 11 is 0. The molecule has 0 aliphatic carbocycles. The van der Waals surface area contributed by atoms with Crippen LogP contribution in [0.1, 0.15) is 37.8 Å². The first-order valence-electron chi connectivity index (χ1n) is 7.80. The highest BCUT2D eigenvalue weighted by Gasteiger charge is 2.20. The topological polar surface area (TPSA) is 84.5 Å². The number of amides is 2. The summed E-state index contributed by atoms with van der Waals surface area (Å²) in [6.45, 7) is 5.42. The van der Waals surface area contributed by atoms with Crippen molar-refractivity contribution in [2.24, 2.45) is 0 Å². The fraction of sp³-hybridized carbons (Fsp3) is 0.389. The van der Waals surface area contributed by atoms with Crippen molar-refractivity contribution >= 4 is 17.8 Å². The Kier molecular flexibility index (Phi) is 8.25. The summed E-state index contributed by atoms with van der Waals surface area (Å²) in [6, 6.07) is 8.65. The van der Waals surface area contributed by atoms with Gasteiger partial charge in [0.25, 0.3) is 0 Å². The van der Waals surface area contributed by atoms with Gasteiger partial charge in [-0.15, -0.1) is 6.58 Å². The molecule has 1 rings (SSSR count). The molecule has 1 aromatic rings. The van der Waals surface area contributed by atoms with E-state index in [-0.39, 0.29) is 37.1 Å². The van der Waals surface area contributed by atoms with Crippen LogP contribution in [0.25, 0.3) is 0 Å². The normalized spacial score (nSPS) is 12.6. The maximum Gasteiger partial charge on any atom is 0.328 e. The second-order valence-corrected chi connectivity index (χ2v) is 5.37. The zero-order chi connectivity index (χ0) is 17.9. The van der Waals surface area contributed by atoms with Crippen LogP contribution >= 0.6 is 0 Å². The number of hydrogen-bond acceptors (Lipinski definition) is 4. The van der Waals surface area contributed by atoms with E-state index in [9.17, 15) is 14.4 Å². The molecule has 0 unspecified atom stereocenters. The molecule has 1 aromatic carbocycles. The van der Waals surface area contributed by atoms with Gasteiger partial charge in [-0.25, -0.2) is 4.79 Å². The standard InChI is InChI=1S/C18H24N2O4/c1-4-8-15(18(23)24-3)20-17(22)12-11-16(21)19-13(2)14-9-6-5-7-10-14/h4-7,9-10,13,15H,1,8,11-12H2,2-3H3,(H,19,21)(H,20,22)/t13-,15-/m1/s1. The Labute approximate surface area is 142 Å². The number of nitrogens with one attached hydrogen (secondary N) is 2. The molecule has 0 spiro atoms. The molecule has 0 saturated heterocycles. The summed E-state index contributed by atoms with van der Waals surface area (Å²) in [7, 11) is 1.25. The number of esters is 1. The van der Waals surface area contributed by atoms with E-state index in [0.717, 1.165) is 5.56 Å². The highest BCUT2D eigenvalue weighted by molar-refractivity contribution is 5.87. The minimum absolute atomic E-state index is 0.00200. The van der Waals surface area contributed by atoms with Gasteiger partial charge in [-0.3, -0.25) is 9.59 Å². The summed E-state index contributed by atoms with van der Waals surface area (Å²) in [5.41, 5.74) is 0.993. The molecular weight excluding hydrogens is 308 g/mol. The number of hydrogen-bond donors (Lipinski definition) is 2. The monoisotopic (exact) mass is 332 g/mol. The van der Waals surface area contributed by atoms with Crippen molar-refractivity contribution in [1.29, 1.82) is 0 Å². The van der Waals surface area contributed by atoms with E-state index < -0.39 is 12.0 Å². The number of carbonyl (C=O) groups excluding carboxylic acids is 3. The van der Waals surface area contributed by atoms with Crippen LogP contribution in [0.2, 0.25) is 0 Å². The predicted octanol–water partition coefficient (Wildman–Crippen LogP) is 1.88. The van der Waals surface area contributed by atoms with E-state index in [4.69, 9.17) is 0 Å². The Balaban J connectivity index is 2.41. The molecule has 130 valence electrons. The third-order valence-electron chi connectivity index (χ3n) is 3.48. The molecule has 2 atom stereocenters. The van der Waals surface area contributed by atoms with Gasteiger partial charge in [-0.05, 0) is 18.9 Å². The van der Waals surface area contributed by atoms with Gasteiger partial charge in [0.2, 0.25) is 11.8 Å². The Bertz CT molecular complexity index is 572. The fourth-order valence-corrected chi connectivity index (χ4v) is 2.16. The van der Waals surface area contributed by atoms with Crippen LogP contribution in [0, 0.1) is 0 Å². The number of benzene rings is 1. The SMILES string of the molecule is C=CC[C@@H](NC(=O)CCC(=O)N[C@H](C)c1ccccc1)C(=O)OC. The van der Waals surface area contributed by atoms with Gasteiger partial charge in [0.15, 0.2) is 0 Å². The van der Waals surface area contributed by atoms with Crippen LogP contribution in [0.5, 0.6) is 0 Å². The van der Waals surface area contributed by atoms with Crippen LogP contribution < -0.4 is 10.6 Å². The van der Waals surface area contributed by atoms with E-state index >= 15 is 0 Å². The van der Waals surface area contributed by atoms with Gasteiger partial charge in [0.05, 0.1) is 13.2 Å². The fourth-order valence-electron chi connectivity index (χ4n) is 2.16. The Morgan fingerprint density at radius 3 is 2.25 bits per heavy atom. The first kappa shape index (κ1) is 19.4. The molecule has 0 radical (unpaired) electrons. The van der Waals surface area contributed by atoms with Gasteiger partial charge in [0, 0.05) is 12.8 Å². The second-order valence-electron chi connectivity index (χ2n) is 5.37. The predicted molar refractivity (Wildman–Crippen MR) is 91.0 cm³/mol. The average Bonchev–Trinajstić information content (AvgIpc) is 2.59.